The lowest BCUT2D eigenvalue weighted by Gasteiger charge is -2.34. The van der Waals surface area contributed by atoms with E-state index in [1.54, 1.807) is 0 Å². The van der Waals surface area contributed by atoms with Crippen LogP contribution in [0.25, 0.3) is 0 Å². The fourth-order valence-corrected chi connectivity index (χ4v) is 7.21. The number of nitrogens with zero attached hydrogens (tertiary/aromatic N) is 2. The molecule has 1 aliphatic rings. The summed E-state index contributed by atoms with van der Waals surface area (Å²) < 4.78 is 18.1. The second-order valence-electron chi connectivity index (χ2n) is 15.5. The van der Waals surface area contributed by atoms with Gasteiger partial charge in [0.2, 0.25) is 0 Å². The summed E-state index contributed by atoms with van der Waals surface area (Å²) in [4.78, 5) is 17.3. The third kappa shape index (κ3) is 26.0. The lowest BCUT2D eigenvalue weighted by Crippen LogP contribution is -2.47. The Morgan fingerprint density at radius 3 is 1.33 bits per heavy atom. The molecule has 2 rings (SSSR count). The maximum absolute atomic E-state index is 12.6. The van der Waals surface area contributed by atoms with Gasteiger partial charge >= 0.3 is 5.97 Å². The van der Waals surface area contributed by atoms with Crippen molar-refractivity contribution in [3.8, 4) is 11.5 Å². The van der Waals surface area contributed by atoms with Crippen molar-refractivity contribution < 1.29 is 24.1 Å². The number of ether oxygens (including phenoxy) is 3. The molecule has 0 saturated carbocycles. The van der Waals surface area contributed by atoms with Gasteiger partial charge in [-0.25, -0.2) is 0 Å². The van der Waals surface area contributed by atoms with Crippen molar-refractivity contribution in [1.29, 1.82) is 0 Å². The van der Waals surface area contributed by atoms with E-state index in [4.69, 9.17) is 19.3 Å². The zero-order chi connectivity index (χ0) is 37.2. The molecule has 1 fully saturated rings. The van der Waals surface area contributed by atoms with Crippen LogP contribution in [0.3, 0.4) is 0 Å². The highest BCUT2D eigenvalue weighted by Crippen LogP contribution is 2.25. The van der Waals surface area contributed by atoms with Crippen molar-refractivity contribution in [3.05, 3.63) is 23.8 Å². The number of unbranched alkanes of at least 4 members (excludes halogenated alkanes) is 22. The van der Waals surface area contributed by atoms with Crippen molar-refractivity contribution in [1.82, 2.24) is 9.80 Å². The molecule has 7 nitrogen and oxygen atoms in total. The van der Waals surface area contributed by atoms with Gasteiger partial charge in [-0.15, -0.1) is 0 Å². The maximum atomic E-state index is 12.6. The van der Waals surface area contributed by atoms with Crippen molar-refractivity contribution >= 4 is 5.97 Å². The highest BCUT2D eigenvalue weighted by molar-refractivity contribution is 5.69. The van der Waals surface area contributed by atoms with Crippen LogP contribution in [0.15, 0.2) is 18.2 Å². The van der Waals surface area contributed by atoms with Crippen molar-refractivity contribution in [3.63, 3.8) is 0 Å². The maximum Gasteiger partial charge on any atom is 0.306 e. The van der Waals surface area contributed by atoms with Gasteiger partial charge in [0.15, 0.2) is 0 Å². The van der Waals surface area contributed by atoms with E-state index < -0.39 is 0 Å². The summed E-state index contributed by atoms with van der Waals surface area (Å²) in [5.74, 6) is 1.46. The van der Waals surface area contributed by atoms with Crippen LogP contribution < -0.4 is 9.47 Å². The largest absolute Gasteiger partial charge is 0.493 e. The Morgan fingerprint density at radius 1 is 0.538 bits per heavy atom. The minimum absolute atomic E-state index is 0.153. The summed E-state index contributed by atoms with van der Waals surface area (Å²) in [5.41, 5.74) is 0.921. The average molecular weight is 731 g/mol. The molecule has 52 heavy (non-hydrogen) atoms. The van der Waals surface area contributed by atoms with Crippen LogP contribution in [0.1, 0.15) is 186 Å². The van der Waals surface area contributed by atoms with Crippen LogP contribution in [0, 0.1) is 0 Å². The minimum Gasteiger partial charge on any atom is -0.493 e. The van der Waals surface area contributed by atoms with Crippen molar-refractivity contribution in [2.45, 2.75) is 187 Å². The van der Waals surface area contributed by atoms with Gasteiger partial charge in [0.25, 0.3) is 0 Å². The number of aliphatic hydroxyl groups is 1. The van der Waals surface area contributed by atoms with E-state index in [1.807, 2.05) is 18.2 Å². The van der Waals surface area contributed by atoms with E-state index >= 15 is 0 Å². The molecule has 0 bridgehead atoms. The number of carbonyl (C=O) groups is 1. The number of rotatable bonds is 36. The van der Waals surface area contributed by atoms with Crippen molar-refractivity contribution in [2.24, 2.45) is 0 Å². The van der Waals surface area contributed by atoms with Crippen LogP contribution >= 0.6 is 0 Å². The summed E-state index contributed by atoms with van der Waals surface area (Å²) in [7, 11) is 0. The molecule has 1 heterocycles. The lowest BCUT2D eigenvalue weighted by atomic mass is 10.0. The average Bonchev–Trinajstić information content (AvgIpc) is 3.15. The molecule has 1 aromatic carbocycles. The predicted octanol–water partition coefficient (Wildman–Crippen LogP) is 11.3. The molecule has 0 atom stereocenters. The zero-order valence-electron chi connectivity index (χ0n) is 34.2. The number of esters is 1. The first-order valence-corrected chi connectivity index (χ1v) is 22.2. The lowest BCUT2D eigenvalue weighted by molar-refractivity contribution is -0.145. The quantitative estimate of drug-likeness (QED) is 0.0544. The fraction of sp³-hybridized carbons (Fsp3) is 0.844. The third-order valence-electron chi connectivity index (χ3n) is 10.6. The SMILES string of the molecule is CCCCCCCCCCCCCCCCCOc1cc(COC(=O)CCCN2CCN(CCO)CC2)cc(OCCCCCCCCCCC)c1. The Kier molecular flexibility index (Phi) is 30.0. The minimum atomic E-state index is -0.153. The molecule has 0 unspecified atom stereocenters. The second kappa shape index (κ2) is 33.7. The van der Waals surface area contributed by atoms with E-state index in [9.17, 15) is 4.79 Å². The topological polar surface area (TPSA) is 71.5 Å². The molecule has 1 aliphatic heterocycles. The van der Waals surface area contributed by atoms with E-state index in [0.717, 1.165) is 75.6 Å². The van der Waals surface area contributed by atoms with Crippen molar-refractivity contribution in [2.75, 3.05) is 59.1 Å². The summed E-state index contributed by atoms with van der Waals surface area (Å²) in [6, 6.07) is 6.02. The Balaban J connectivity index is 1.66. The molecule has 0 spiro atoms. The molecular formula is C45H82N2O5. The smallest absolute Gasteiger partial charge is 0.306 e. The Morgan fingerprint density at radius 2 is 0.923 bits per heavy atom. The van der Waals surface area contributed by atoms with Crippen LogP contribution in [0.4, 0.5) is 0 Å². The van der Waals surface area contributed by atoms with Gasteiger partial charge in [0, 0.05) is 45.2 Å². The monoisotopic (exact) mass is 731 g/mol. The first kappa shape index (κ1) is 46.3. The summed E-state index contributed by atoms with van der Waals surface area (Å²) >= 11 is 0. The number of hydrogen-bond donors (Lipinski definition) is 1. The number of carbonyl (C=O) groups excluding carboxylic acids is 1. The van der Waals surface area contributed by atoms with E-state index in [1.165, 1.54) is 141 Å². The molecule has 0 aliphatic carbocycles. The summed E-state index contributed by atoms with van der Waals surface area (Å²) in [6.45, 7) is 12.0. The van der Waals surface area contributed by atoms with Crippen LogP contribution in [0.2, 0.25) is 0 Å². The molecule has 302 valence electrons. The van der Waals surface area contributed by atoms with Gasteiger partial charge < -0.3 is 24.2 Å². The first-order valence-electron chi connectivity index (χ1n) is 22.2. The Hall–Kier alpha value is -1.83. The molecule has 0 radical (unpaired) electrons. The number of β-amino-alcohol motifs (C(OH)–C–C–N with tert-alkyl or cyclic N) is 1. The molecule has 1 saturated heterocycles. The molecule has 0 amide bonds. The Bertz CT molecular complexity index is 952. The second-order valence-corrected chi connectivity index (χ2v) is 15.5. The first-order chi connectivity index (χ1) is 25.6. The summed E-state index contributed by atoms with van der Waals surface area (Å²) in [5, 5.41) is 9.16. The number of aliphatic hydroxyl groups excluding tert-OH is 1. The summed E-state index contributed by atoms with van der Waals surface area (Å²) in [6.07, 6.45) is 33.2. The fourth-order valence-electron chi connectivity index (χ4n) is 7.21. The molecule has 0 aromatic heterocycles. The van der Waals surface area contributed by atoms with Gasteiger partial charge in [0.05, 0.1) is 19.8 Å². The number of hydrogen-bond acceptors (Lipinski definition) is 7. The Labute approximate surface area is 320 Å². The predicted molar refractivity (Wildman–Crippen MR) is 219 cm³/mol. The molecular weight excluding hydrogens is 649 g/mol. The number of benzene rings is 1. The van der Waals surface area contributed by atoms with Gasteiger partial charge in [0.1, 0.15) is 18.1 Å². The van der Waals surface area contributed by atoms with Gasteiger partial charge in [-0.3, -0.25) is 9.69 Å². The molecule has 1 aromatic rings. The highest BCUT2D eigenvalue weighted by Gasteiger charge is 2.16. The number of piperazine rings is 1. The highest BCUT2D eigenvalue weighted by atomic mass is 16.5. The van der Waals surface area contributed by atoms with E-state index in [0.29, 0.717) is 19.6 Å². The van der Waals surface area contributed by atoms with Gasteiger partial charge in [-0.05, 0) is 43.5 Å². The third-order valence-corrected chi connectivity index (χ3v) is 10.6. The van der Waals surface area contributed by atoms with E-state index in [2.05, 4.69) is 23.6 Å². The molecule has 1 N–H and O–H groups in total. The molecule has 7 heteroatoms. The van der Waals surface area contributed by atoms with Crippen LogP contribution in [-0.4, -0.2) is 80.0 Å². The van der Waals surface area contributed by atoms with E-state index in [-0.39, 0.29) is 19.2 Å². The van der Waals surface area contributed by atoms with Crippen LogP contribution in [-0.2, 0) is 16.1 Å². The van der Waals surface area contributed by atoms with Gasteiger partial charge in [-0.2, -0.15) is 0 Å². The van der Waals surface area contributed by atoms with Crippen LogP contribution in [0.5, 0.6) is 11.5 Å². The normalized spacial score (nSPS) is 13.8. The standard InChI is InChI=1S/C45H82N2O5/c1-3-5-7-9-11-13-14-15-16-17-18-20-22-24-26-37-51-44-39-42(38-43(40-44)50-36-25-23-21-19-12-10-8-6-4-2)41-52-45(49)28-27-29-46-30-32-47(33-31-46)34-35-48/h38-40,48H,3-37,41H2,1-2H3. The van der Waals surface area contributed by atoms with Gasteiger partial charge in [-0.1, -0.05) is 155 Å². The zero-order valence-corrected chi connectivity index (χ0v) is 34.2.